The summed E-state index contributed by atoms with van der Waals surface area (Å²) in [6.07, 6.45) is 2.36. The Morgan fingerprint density at radius 1 is 1.09 bits per heavy atom. The lowest BCUT2D eigenvalue weighted by Gasteiger charge is -2.30. The Bertz CT molecular complexity index is 1330. The molecule has 13 heteroatoms. The predicted molar refractivity (Wildman–Crippen MR) is 159 cm³/mol. The zero-order valence-electron chi connectivity index (χ0n) is 25.9. The molecule has 3 aliphatic rings. The third kappa shape index (κ3) is 9.29. The van der Waals surface area contributed by atoms with E-state index in [0.717, 1.165) is 0 Å². The van der Waals surface area contributed by atoms with Gasteiger partial charge in [-0.1, -0.05) is 12.0 Å². The number of Topliss-reactive ketones (excluding diaryl/α,β-unsaturated/α-hetero) is 1. The van der Waals surface area contributed by atoms with E-state index in [9.17, 15) is 32.4 Å². The summed E-state index contributed by atoms with van der Waals surface area (Å²) in [6, 6.07) is -2.14. The number of alkyl carbamates (subject to hydrolysis) is 1. The molecule has 2 saturated carbocycles. The van der Waals surface area contributed by atoms with Crippen LogP contribution in [0.3, 0.4) is 0 Å². The van der Waals surface area contributed by atoms with Crippen LogP contribution in [0.4, 0.5) is 4.79 Å². The zero-order chi connectivity index (χ0) is 32.4. The molecular formula is C30H44N4O8S. The Morgan fingerprint density at radius 3 is 2.28 bits per heavy atom. The van der Waals surface area contributed by atoms with Gasteiger partial charge < -0.3 is 20.3 Å². The first-order valence-electron chi connectivity index (χ1n) is 14.6. The Kier molecular flexibility index (Phi) is 10.1. The lowest BCUT2D eigenvalue weighted by atomic mass is 9.97. The van der Waals surface area contributed by atoms with Crippen molar-refractivity contribution in [2.45, 2.75) is 115 Å². The van der Waals surface area contributed by atoms with Crippen molar-refractivity contribution in [3.63, 3.8) is 0 Å². The van der Waals surface area contributed by atoms with Crippen LogP contribution in [0, 0.1) is 23.2 Å². The highest BCUT2D eigenvalue weighted by molar-refractivity contribution is 7.91. The highest BCUT2D eigenvalue weighted by Gasteiger charge is 2.61. The van der Waals surface area contributed by atoms with Crippen LogP contribution in [-0.2, 0) is 33.9 Å². The van der Waals surface area contributed by atoms with Crippen LogP contribution >= 0.6 is 0 Å². The lowest BCUT2D eigenvalue weighted by molar-refractivity contribution is -0.141. The summed E-state index contributed by atoms with van der Waals surface area (Å²) in [4.78, 5) is 66.7. The van der Waals surface area contributed by atoms with Gasteiger partial charge in [-0.15, -0.1) is 6.58 Å². The first-order valence-corrected chi connectivity index (χ1v) is 16.2. The third-order valence-electron chi connectivity index (χ3n) is 7.31. The second-order valence-electron chi connectivity index (χ2n) is 13.5. The van der Waals surface area contributed by atoms with E-state index in [1.54, 1.807) is 20.8 Å². The summed E-state index contributed by atoms with van der Waals surface area (Å²) in [5.74, 6) is 2.54. The molecule has 0 aromatic heterocycles. The van der Waals surface area contributed by atoms with E-state index in [1.807, 2.05) is 20.8 Å². The van der Waals surface area contributed by atoms with Crippen LogP contribution in [0.25, 0.3) is 0 Å². The summed E-state index contributed by atoms with van der Waals surface area (Å²) in [7, 11) is -3.84. The van der Waals surface area contributed by atoms with Crippen LogP contribution in [0.1, 0.15) is 86.5 Å². The summed E-state index contributed by atoms with van der Waals surface area (Å²) in [5.41, 5.74) is -2.71. The van der Waals surface area contributed by atoms with Gasteiger partial charge >= 0.3 is 6.09 Å². The van der Waals surface area contributed by atoms with Gasteiger partial charge in [0.1, 0.15) is 23.2 Å². The molecule has 1 saturated heterocycles. The molecule has 0 radical (unpaired) electrons. The molecule has 1 aliphatic heterocycles. The summed E-state index contributed by atoms with van der Waals surface area (Å²) in [5, 5.41) is 4.63. The molecule has 2 aliphatic carbocycles. The fourth-order valence-electron chi connectivity index (χ4n) is 4.82. The molecule has 0 aromatic rings. The van der Waals surface area contributed by atoms with Gasteiger partial charge in [0.05, 0.1) is 5.25 Å². The quantitative estimate of drug-likeness (QED) is 0.179. The largest absolute Gasteiger partial charge is 0.444 e. The van der Waals surface area contributed by atoms with E-state index < -0.39 is 79.4 Å². The second-order valence-corrected chi connectivity index (χ2v) is 15.5. The van der Waals surface area contributed by atoms with E-state index >= 15 is 0 Å². The van der Waals surface area contributed by atoms with Crippen molar-refractivity contribution in [3.05, 3.63) is 12.7 Å². The molecule has 12 nitrogen and oxygen atoms in total. The first kappa shape index (κ1) is 34.1. The molecule has 0 bridgehead atoms. The SMILES string of the molecule is C=C[C@@H]1C[C@]1(NC(=O)[C@@H]1CCCN1C(=O)[C@H](CCC(=O)C#CC(C)(C)C)NC(=O)OC(C)(C)C)C(=O)NS(=O)(=O)C1CC1. The first-order chi connectivity index (χ1) is 19.8. The molecule has 1 heterocycles. The summed E-state index contributed by atoms with van der Waals surface area (Å²) < 4.78 is 32.2. The Balaban J connectivity index is 1.75. The van der Waals surface area contributed by atoms with E-state index in [4.69, 9.17) is 4.74 Å². The average molecular weight is 621 g/mol. The van der Waals surface area contributed by atoms with Gasteiger partial charge in [0.25, 0.3) is 5.91 Å². The van der Waals surface area contributed by atoms with E-state index in [2.05, 4.69) is 33.8 Å². The summed E-state index contributed by atoms with van der Waals surface area (Å²) in [6.45, 7) is 14.5. The number of likely N-dealkylation sites (tertiary alicyclic amines) is 1. The van der Waals surface area contributed by atoms with Gasteiger partial charge in [0.15, 0.2) is 0 Å². The highest BCUT2D eigenvalue weighted by atomic mass is 32.2. The maximum atomic E-state index is 13.7. The number of ether oxygens (including phenoxy) is 1. The van der Waals surface area contributed by atoms with Crippen LogP contribution < -0.4 is 15.4 Å². The van der Waals surface area contributed by atoms with Gasteiger partial charge in [-0.25, -0.2) is 13.2 Å². The Morgan fingerprint density at radius 2 is 1.74 bits per heavy atom. The van der Waals surface area contributed by atoms with Gasteiger partial charge in [-0.05, 0) is 86.0 Å². The monoisotopic (exact) mass is 620 g/mol. The molecule has 3 fully saturated rings. The van der Waals surface area contributed by atoms with Gasteiger partial charge in [0.2, 0.25) is 27.6 Å². The number of carbonyl (C=O) groups excluding carboxylic acids is 5. The number of nitrogens with one attached hydrogen (secondary N) is 3. The highest BCUT2D eigenvalue weighted by Crippen LogP contribution is 2.45. The molecule has 0 unspecified atom stereocenters. The standard InChI is InChI=1S/C30H44N4O8S/c1-8-19-18-30(19,26(38)33-43(40,41)21-12-13-21)32-24(36)23-10-9-17-34(23)25(37)22(31-27(39)42-29(5,6)7)14-11-20(35)15-16-28(2,3)4/h8,19,21-23H,1,9-14,17-18H2,2-7H3,(H,31,39)(H,32,36)(H,33,38)/t19-,22+,23+,30-/m1/s1. The maximum absolute atomic E-state index is 13.7. The maximum Gasteiger partial charge on any atom is 0.408 e. The van der Waals surface area contributed by atoms with E-state index in [0.29, 0.717) is 25.7 Å². The number of rotatable bonds is 11. The van der Waals surface area contributed by atoms with Crippen LogP contribution in [-0.4, -0.2) is 77.9 Å². The van der Waals surface area contributed by atoms with Gasteiger partial charge in [-0.3, -0.25) is 23.9 Å². The molecular weight excluding hydrogens is 576 g/mol. The van der Waals surface area contributed by atoms with Crippen LogP contribution in [0.5, 0.6) is 0 Å². The molecule has 0 spiro atoms. The molecule has 4 amide bonds. The molecule has 43 heavy (non-hydrogen) atoms. The normalized spacial score (nSPS) is 24.1. The van der Waals surface area contributed by atoms with Gasteiger partial charge in [0, 0.05) is 24.3 Å². The van der Waals surface area contributed by atoms with E-state index in [-0.39, 0.29) is 25.8 Å². The molecule has 0 aromatic carbocycles. The Labute approximate surface area is 254 Å². The number of hydrogen-bond donors (Lipinski definition) is 3. The number of hydrogen-bond acceptors (Lipinski definition) is 8. The summed E-state index contributed by atoms with van der Waals surface area (Å²) >= 11 is 0. The van der Waals surface area contributed by atoms with E-state index in [1.165, 1.54) is 11.0 Å². The minimum Gasteiger partial charge on any atom is -0.444 e. The lowest BCUT2D eigenvalue weighted by Crippen LogP contribution is -2.58. The number of ketones is 1. The molecule has 4 atom stereocenters. The van der Waals surface area contributed by atoms with Crippen molar-refractivity contribution in [2.24, 2.45) is 11.3 Å². The number of sulfonamides is 1. The number of carbonyl (C=O) groups is 5. The van der Waals surface area contributed by atoms with Crippen molar-refractivity contribution >= 4 is 39.6 Å². The molecule has 3 rings (SSSR count). The smallest absolute Gasteiger partial charge is 0.408 e. The minimum atomic E-state index is -3.84. The van der Waals surface area contributed by atoms with Crippen LogP contribution in [0.2, 0.25) is 0 Å². The zero-order valence-corrected chi connectivity index (χ0v) is 26.7. The molecule has 238 valence electrons. The van der Waals surface area contributed by atoms with Crippen molar-refractivity contribution < 1.29 is 37.1 Å². The van der Waals surface area contributed by atoms with Crippen molar-refractivity contribution in [2.75, 3.05) is 6.54 Å². The van der Waals surface area contributed by atoms with Crippen molar-refractivity contribution in [1.29, 1.82) is 0 Å². The van der Waals surface area contributed by atoms with Crippen molar-refractivity contribution in [1.82, 2.24) is 20.3 Å². The third-order valence-corrected chi connectivity index (χ3v) is 9.13. The predicted octanol–water partition coefficient (Wildman–Crippen LogP) is 1.94. The number of nitrogens with zero attached hydrogens (tertiary/aromatic N) is 1. The van der Waals surface area contributed by atoms with Crippen molar-refractivity contribution in [3.8, 4) is 11.8 Å². The van der Waals surface area contributed by atoms with Gasteiger partial charge in [-0.2, -0.15) is 0 Å². The van der Waals surface area contributed by atoms with Crippen LogP contribution in [0.15, 0.2) is 12.7 Å². The minimum absolute atomic E-state index is 0.0650. The Hall–Kier alpha value is -3.40. The molecule has 3 N–H and O–H groups in total. The second kappa shape index (κ2) is 12.7. The topological polar surface area (TPSA) is 168 Å². The number of amides is 4. The fourth-order valence-corrected chi connectivity index (χ4v) is 6.19. The average Bonchev–Trinajstić information content (AvgIpc) is 3.79. The fraction of sp³-hybridized carbons (Fsp3) is 0.700.